The van der Waals surface area contributed by atoms with Gasteiger partial charge in [-0.25, -0.2) is 4.79 Å². The molecule has 4 N–H and O–H groups in total. The van der Waals surface area contributed by atoms with E-state index >= 15 is 0 Å². The Kier molecular flexibility index (Phi) is 8.60. The first-order valence-electron chi connectivity index (χ1n) is 12.6. The van der Waals surface area contributed by atoms with Crippen molar-refractivity contribution in [3.63, 3.8) is 0 Å². The lowest BCUT2D eigenvalue weighted by Gasteiger charge is -2.30. The molecule has 1 aliphatic carbocycles. The van der Waals surface area contributed by atoms with Gasteiger partial charge in [0.1, 0.15) is 11.5 Å². The molecule has 1 fully saturated rings. The molecule has 2 aromatic carbocycles. The lowest BCUT2D eigenvalue weighted by molar-refractivity contribution is -0.120. The molecule has 7 nitrogen and oxygen atoms in total. The number of nitrogens with one attached hydrogen (secondary N) is 2. The molecule has 0 unspecified atom stereocenters. The summed E-state index contributed by atoms with van der Waals surface area (Å²) in [6, 6.07) is 13.9. The fourth-order valence-corrected chi connectivity index (χ4v) is 5.44. The van der Waals surface area contributed by atoms with Crippen molar-refractivity contribution < 1.29 is 24.4 Å². The Hall–Kier alpha value is -2.68. The van der Waals surface area contributed by atoms with Crippen LogP contribution >= 0.6 is 0 Å². The van der Waals surface area contributed by atoms with Gasteiger partial charge in [0.2, 0.25) is 0 Å². The van der Waals surface area contributed by atoms with Gasteiger partial charge in [-0.2, -0.15) is 0 Å². The van der Waals surface area contributed by atoms with E-state index in [2.05, 4.69) is 34.9 Å². The number of ketones is 1. The zero-order chi connectivity index (χ0) is 24.8. The Morgan fingerprint density at radius 1 is 1.00 bits per heavy atom. The molecule has 0 saturated heterocycles. The number of hydrogen-bond acceptors (Lipinski definition) is 6. The van der Waals surface area contributed by atoms with Crippen molar-refractivity contribution in [2.45, 2.75) is 69.9 Å². The summed E-state index contributed by atoms with van der Waals surface area (Å²) >= 11 is 0. The van der Waals surface area contributed by atoms with E-state index in [1.165, 1.54) is 17.2 Å². The topological polar surface area (TPSA) is 108 Å². The molecular weight excluding hydrogens is 443 g/mol. The summed E-state index contributed by atoms with van der Waals surface area (Å²) in [6.07, 6.45) is 5.39. The average molecular weight is 478 g/mol. The van der Waals surface area contributed by atoms with Crippen LogP contribution in [0.3, 0.4) is 0 Å². The first kappa shape index (κ1) is 25.4. The number of aromatic carboxylic acids is 1. The number of para-hydroxylation sites is 1. The number of hydrogen-bond donors (Lipinski definition) is 4. The largest absolute Gasteiger partial charge is 0.535 e. The van der Waals surface area contributed by atoms with Crippen molar-refractivity contribution in [1.82, 2.24) is 10.6 Å². The highest BCUT2D eigenvalue weighted by Gasteiger charge is 2.38. The lowest BCUT2D eigenvalue weighted by Crippen LogP contribution is -2.36. The number of rotatable bonds is 10. The zero-order valence-electron chi connectivity index (χ0n) is 20.3. The highest BCUT2D eigenvalue weighted by atomic mass is 16.5. The number of carboxylic acid groups (broad SMARTS) is 1. The summed E-state index contributed by atoms with van der Waals surface area (Å²) in [6.45, 7) is 1.72. The van der Waals surface area contributed by atoms with E-state index in [0.717, 1.165) is 44.3 Å². The minimum absolute atomic E-state index is 0.0437. The van der Waals surface area contributed by atoms with Crippen LogP contribution in [-0.2, 0) is 24.3 Å². The second kappa shape index (κ2) is 11.8. The third-order valence-electron chi connectivity index (χ3n) is 7.37. The van der Waals surface area contributed by atoms with Gasteiger partial charge in [0.25, 0.3) is 0 Å². The van der Waals surface area contributed by atoms with Crippen LogP contribution in [0.15, 0.2) is 42.5 Å². The van der Waals surface area contributed by atoms with E-state index in [1.54, 1.807) is 12.1 Å². The maximum Gasteiger partial charge on any atom is 0.526 e. The van der Waals surface area contributed by atoms with E-state index in [1.807, 2.05) is 7.05 Å². The predicted octanol–water partition coefficient (Wildman–Crippen LogP) is 3.59. The molecule has 0 amide bonds. The number of carbonyl (C=O) groups is 2. The summed E-state index contributed by atoms with van der Waals surface area (Å²) in [5, 5.41) is 26.7. The molecule has 1 atom stereocenters. The Labute approximate surface area is 207 Å². The van der Waals surface area contributed by atoms with Gasteiger partial charge in [0.15, 0.2) is 0 Å². The predicted molar refractivity (Wildman–Crippen MR) is 135 cm³/mol. The molecule has 0 spiro atoms. The molecule has 35 heavy (non-hydrogen) atoms. The Balaban J connectivity index is 1.22. The Bertz CT molecular complexity index is 1040. The van der Waals surface area contributed by atoms with E-state index in [0.29, 0.717) is 24.8 Å². The third kappa shape index (κ3) is 6.51. The van der Waals surface area contributed by atoms with Crippen molar-refractivity contribution in [2.24, 2.45) is 5.92 Å². The van der Waals surface area contributed by atoms with Gasteiger partial charge in [-0.05, 0) is 67.8 Å². The molecular formula is C27H35BN2O5. The molecule has 1 saturated carbocycles. The molecule has 1 heterocycles. The van der Waals surface area contributed by atoms with Crippen LogP contribution in [0.1, 0.15) is 65.6 Å². The van der Waals surface area contributed by atoms with Crippen molar-refractivity contribution in [3.05, 3.63) is 64.7 Å². The highest BCUT2D eigenvalue weighted by molar-refractivity contribution is 6.47. The maximum absolute atomic E-state index is 12.8. The molecule has 8 heteroatoms. The molecule has 186 valence electrons. The van der Waals surface area contributed by atoms with Gasteiger partial charge in [-0.15, -0.1) is 0 Å². The first-order chi connectivity index (χ1) is 16.9. The Morgan fingerprint density at radius 3 is 2.40 bits per heavy atom. The van der Waals surface area contributed by atoms with E-state index in [4.69, 9.17) is 4.65 Å². The number of carbonyl (C=O) groups excluding carboxylic acids is 1. The first-order valence-corrected chi connectivity index (χ1v) is 12.6. The quantitative estimate of drug-likeness (QED) is 0.387. The summed E-state index contributed by atoms with van der Waals surface area (Å²) in [5.41, 5.74) is 3.42. The Morgan fingerprint density at radius 2 is 1.71 bits per heavy atom. The van der Waals surface area contributed by atoms with Gasteiger partial charge < -0.3 is 25.4 Å². The lowest BCUT2D eigenvalue weighted by atomic mass is 9.64. The summed E-state index contributed by atoms with van der Waals surface area (Å²) < 4.78 is 5.54. The minimum Gasteiger partial charge on any atom is -0.535 e. The summed E-state index contributed by atoms with van der Waals surface area (Å²) in [5.74, 6) is -0.696. The van der Waals surface area contributed by atoms with Crippen LogP contribution in [0.4, 0.5) is 0 Å². The van der Waals surface area contributed by atoms with Gasteiger partial charge >= 0.3 is 13.1 Å². The van der Waals surface area contributed by atoms with Gasteiger partial charge in [-0.3, -0.25) is 4.79 Å². The zero-order valence-corrected chi connectivity index (χ0v) is 20.3. The van der Waals surface area contributed by atoms with Crippen molar-refractivity contribution in [1.29, 1.82) is 0 Å². The van der Waals surface area contributed by atoms with Crippen molar-refractivity contribution in [3.8, 4) is 5.75 Å². The molecule has 0 aromatic heterocycles. The van der Waals surface area contributed by atoms with Crippen LogP contribution in [0, 0.1) is 5.92 Å². The number of fused-ring (bicyclic) bond motifs is 1. The maximum atomic E-state index is 12.8. The highest BCUT2D eigenvalue weighted by Crippen LogP contribution is 2.37. The second-order valence-electron chi connectivity index (χ2n) is 9.92. The molecule has 2 aromatic rings. The fraction of sp³-hybridized carbons (Fsp3) is 0.481. The number of Topliss-reactive ketones (excluding diaryl/α,β-unsaturated/α-hetero) is 1. The van der Waals surface area contributed by atoms with Gasteiger partial charge in [-0.1, -0.05) is 36.4 Å². The molecule has 2 aliphatic rings. The average Bonchev–Trinajstić information content (AvgIpc) is 2.84. The second-order valence-corrected chi connectivity index (χ2v) is 9.92. The van der Waals surface area contributed by atoms with E-state index in [9.17, 15) is 19.7 Å². The normalized spacial score (nSPS) is 21.8. The van der Waals surface area contributed by atoms with Crippen LogP contribution in [-0.4, -0.2) is 42.1 Å². The number of benzene rings is 2. The molecule has 1 aliphatic heterocycles. The van der Waals surface area contributed by atoms with Crippen LogP contribution in [0.25, 0.3) is 0 Å². The standard InChI is InChI=1S/C27H35BN2O5/c1-29-16-20-5-2-3-6-21(20)17-30-23-11-9-18(10-12-23)13-24(31)15-22-14-19-7-4-8-25(27(32)33)26(19)35-28(22)34/h2-8,18,22-23,29-30,34H,9-17H2,1H3,(H,32,33)/t18?,22-,23?/m1/s1. The van der Waals surface area contributed by atoms with Crippen LogP contribution < -0.4 is 15.3 Å². The summed E-state index contributed by atoms with van der Waals surface area (Å²) in [7, 11) is 0.792. The minimum atomic E-state index is -1.17. The molecule has 0 radical (unpaired) electrons. The van der Waals surface area contributed by atoms with Crippen LogP contribution in [0.2, 0.25) is 5.82 Å². The molecule has 0 bridgehead atoms. The van der Waals surface area contributed by atoms with Gasteiger partial charge in [0, 0.05) is 37.8 Å². The monoisotopic (exact) mass is 478 g/mol. The summed E-state index contributed by atoms with van der Waals surface area (Å²) in [4.78, 5) is 24.2. The van der Waals surface area contributed by atoms with E-state index < -0.39 is 13.1 Å². The van der Waals surface area contributed by atoms with Crippen molar-refractivity contribution >= 4 is 18.9 Å². The SMILES string of the molecule is CNCc1ccccc1CNC1CCC(CC(=O)C[C@H]2Cc3cccc(C(=O)O)c3OB2O)CC1. The fourth-order valence-electron chi connectivity index (χ4n) is 5.44. The van der Waals surface area contributed by atoms with Crippen molar-refractivity contribution in [2.75, 3.05) is 7.05 Å². The van der Waals surface area contributed by atoms with Crippen LogP contribution in [0.5, 0.6) is 5.75 Å². The van der Waals surface area contributed by atoms with Gasteiger partial charge in [0.05, 0.1) is 5.56 Å². The van der Waals surface area contributed by atoms with E-state index in [-0.39, 0.29) is 29.3 Å². The number of carboxylic acids is 1. The third-order valence-corrected chi connectivity index (χ3v) is 7.37. The smallest absolute Gasteiger partial charge is 0.526 e. The molecule has 4 rings (SSSR count).